The first kappa shape index (κ1) is 19.2. The van der Waals surface area contributed by atoms with E-state index in [0.29, 0.717) is 18.1 Å². The smallest absolute Gasteiger partial charge is 0.246 e. The van der Waals surface area contributed by atoms with E-state index in [1.165, 1.54) is 18.1 Å². The van der Waals surface area contributed by atoms with Crippen LogP contribution in [0.4, 0.5) is 0 Å². The number of ether oxygens (including phenoxy) is 4. The van der Waals surface area contributed by atoms with Gasteiger partial charge in [-0.3, -0.25) is 4.79 Å². The number of benzene rings is 1. The first-order valence-electron chi connectivity index (χ1n) is 7.97. The molecular formula is C18H25NO6. The van der Waals surface area contributed by atoms with E-state index in [1.54, 1.807) is 39.5 Å². The molecule has 7 nitrogen and oxygen atoms in total. The molecule has 1 amide bonds. The maximum absolute atomic E-state index is 12.4. The summed E-state index contributed by atoms with van der Waals surface area (Å²) in [7, 11) is 6.27. The molecule has 1 N–H and O–H groups in total. The van der Waals surface area contributed by atoms with Crippen LogP contribution in [0, 0.1) is 0 Å². The van der Waals surface area contributed by atoms with E-state index in [4.69, 9.17) is 18.9 Å². The van der Waals surface area contributed by atoms with Crippen molar-refractivity contribution in [2.45, 2.75) is 18.2 Å². The van der Waals surface area contributed by atoms with E-state index in [-0.39, 0.29) is 12.5 Å². The van der Waals surface area contributed by atoms with Crippen LogP contribution < -0.4 is 9.47 Å². The first-order chi connectivity index (χ1) is 12.0. The monoisotopic (exact) mass is 351 g/mol. The van der Waals surface area contributed by atoms with Crippen LogP contribution in [0.2, 0.25) is 0 Å². The summed E-state index contributed by atoms with van der Waals surface area (Å²) in [5, 5.41) is 10.3. The predicted octanol–water partition coefficient (Wildman–Crippen LogP) is 0.950. The third-order valence-electron chi connectivity index (χ3n) is 4.32. The van der Waals surface area contributed by atoms with Crippen molar-refractivity contribution in [3.8, 4) is 11.5 Å². The number of aliphatic hydroxyl groups excluding tert-OH is 1. The van der Waals surface area contributed by atoms with Crippen LogP contribution in [0.25, 0.3) is 6.08 Å². The van der Waals surface area contributed by atoms with Gasteiger partial charge in [0.15, 0.2) is 11.5 Å². The summed E-state index contributed by atoms with van der Waals surface area (Å²) in [5.41, 5.74) is 0.801. The molecule has 0 saturated carbocycles. The average molecular weight is 351 g/mol. The molecule has 1 heterocycles. The molecule has 25 heavy (non-hydrogen) atoms. The maximum Gasteiger partial charge on any atom is 0.246 e. The van der Waals surface area contributed by atoms with Gasteiger partial charge in [-0.15, -0.1) is 0 Å². The van der Waals surface area contributed by atoms with Crippen LogP contribution in [0.15, 0.2) is 24.3 Å². The predicted molar refractivity (Wildman–Crippen MR) is 92.8 cm³/mol. The number of amides is 1. The highest BCUT2D eigenvalue weighted by Gasteiger charge is 2.36. The maximum atomic E-state index is 12.4. The van der Waals surface area contributed by atoms with Crippen molar-refractivity contribution < 1.29 is 28.8 Å². The van der Waals surface area contributed by atoms with E-state index >= 15 is 0 Å². The highest BCUT2D eigenvalue weighted by molar-refractivity contribution is 5.92. The highest BCUT2D eigenvalue weighted by Crippen LogP contribution is 2.28. The van der Waals surface area contributed by atoms with Crippen molar-refractivity contribution in [1.82, 2.24) is 4.90 Å². The second-order valence-corrected chi connectivity index (χ2v) is 5.77. The average Bonchev–Trinajstić information content (AvgIpc) is 2.65. The fourth-order valence-corrected chi connectivity index (χ4v) is 2.70. The molecule has 2 rings (SSSR count). The lowest BCUT2D eigenvalue weighted by Crippen LogP contribution is -2.56. The zero-order valence-corrected chi connectivity index (χ0v) is 15.0. The van der Waals surface area contributed by atoms with Gasteiger partial charge in [0, 0.05) is 20.2 Å². The molecule has 1 fully saturated rings. The molecule has 0 bridgehead atoms. The van der Waals surface area contributed by atoms with Crippen molar-refractivity contribution >= 4 is 12.0 Å². The third-order valence-corrected chi connectivity index (χ3v) is 4.32. The highest BCUT2D eigenvalue weighted by atomic mass is 16.5. The topological polar surface area (TPSA) is 77.5 Å². The summed E-state index contributed by atoms with van der Waals surface area (Å²) in [5.74, 6) is 0.972. The molecule has 1 aliphatic heterocycles. The largest absolute Gasteiger partial charge is 0.493 e. The Kier molecular flexibility index (Phi) is 6.81. The van der Waals surface area contributed by atoms with Crippen LogP contribution in [0.5, 0.6) is 11.5 Å². The number of hydrogen-bond acceptors (Lipinski definition) is 6. The number of nitrogens with zero attached hydrogens (tertiary/aromatic N) is 1. The van der Waals surface area contributed by atoms with Crippen molar-refractivity contribution in [3.63, 3.8) is 0 Å². The van der Waals surface area contributed by atoms with E-state index in [1.807, 2.05) is 6.07 Å². The Hall–Kier alpha value is -2.09. The Bertz CT molecular complexity index is 618. The van der Waals surface area contributed by atoms with Crippen LogP contribution in [-0.4, -0.2) is 75.8 Å². The van der Waals surface area contributed by atoms with Gasteiger partial charge in [0.2, 0.25) is 5.91 Å². The number of likely N-dealkylation sites (N-methyl/N-ethyl adjacent to an activating group) is 1. The van der Waals surface area contributed by atoms with Gasteiger partial charge in [0.25, 0.3) is 0 Å². The number of carbonyl (C=O) groups excluding carboxylic acids is 1. The molecule has 0 unspecified atom stereocenters. The van der Waals surface area contributed by atoms with Crippen molar-refractivity contribution in [2.24, 2.45) is 0 Å². The summed E-state index contributed by atoms with van der Waals surface area (Å²) in [6, 6.07) is 4.92. The molecular weight excluding hydrogens is 326 g/mol. The van der Waals surface area contributed by atoms with Gasteiger partial charge in [0.1, 0.15) is 12.2 Å². The molecule has 1 aromatic carbocycles. The van der Waals surface area contributed by atoms with Gasteiger partial charge in [-0.2, -0.15) is 0 Å². The summed E-state index contributed by atoms with van der Waals surface area (Å²) in [4.78, 5) is 13.9. The van der Waals surface area contributed by atoms with Crippen molar-refractivity contribution in [2.75, 3.05) is 41.6 Å². The fraction of sp³-hybridized carbons (Fsp3) is 0.500. The Morgan fingerprint density at radius 2 is 1.96 bits per heavy atom. The Labute approximate surface area is 147 Å². The van der Waals surface area contributed by atoms with Gasteiger partial charge < -0.3 is 29.0 Å². The summed E-state index contributed by atoms with van der Waals surface area (Å²) in [6.45, 7) is 0.588. The Morgan fingerprint density at radius 3 is 2.60 bits per heavy atom. The number of hydrogen-bond donors (Lipinski definition) is 1. The van der Waals surface area contributed by atoms with E-state index in [9.17, 15) is 9.90 Å². The van der Waals surface area contributed by atoms with Crippen LogP contribution in [0.1, 0.15) is 5.56 Å². The quantitative estimate of drug-likeness (QED) is 0.769. The van der Waals surface area contributed by atoms with Crippen LogP contribution >= 0.6 is 0 Å². The van der Waals surface area contributed by atoms with Gasteiger partial charge in [-0.1, -0.05) is 6.07 Å². The van der Waals surface area contributed by atoms with E-state index in [2.05, 4.69) is 0 Å². The third kappa shape index (κ3) is 4.50. The number of rotatable bonds is 6. The summed E-state index contributed by atoms with van der Waals surface area (Å²) in [6.07, 6.45) is 1.90. The molecule has 1 aliphatic rings. The number of methoxy groups -OCH3 is 3. The lowest BCUT2D eigenvalue weighted by molar-refractivity contribution is -0.154. The van der Waals surface area contributed by atoms with Crippen molar-refractivity contribution in [3.05, 3.63) is 29.8 Å². The van der Waals surface area contributed by atoms with E-state index in [0.717, 1.165) is 5.56 Å². The lowest BCUT2D eigenvalue weighted by Gasteiger charge is -2.38. The second-order valence-electron chi connectivity index (χ2n) is 5.77. The molecule has 0 aliphatic carbocycles. The fourth-order valence-electron chi connectivity index (χ4n) is 2.70. The standard InChI is InChI=1S/C18H25NO6/c1-19(13-10-25-11-16(24-4)18(13)21)17(20)8-6-12-5-7-14(22-2)15(9-12)23-3/h5-9,13,16,18,21H,10-11H2,1-4H3/b8-6+/t13-,16-,18+/m1/s1. The van der Waals surface area contributed by atoms with Gasteiger partial charge in [-0.05, 0) is 23.8 Å². The minimum absolute atomic E-state index is 0.237. The molecule has 7 heteroatoms. The SMILES string of the molecule is COc1ccc(/C=C/C(=O)N(C)[C@@H]2COC[C@@H](OC)[C@H]2O)cc1OC. The summed E-state index contributed by atoms with van der Waals surface area (Å²) >= 11 is 0. The summed E-state index contributed by atoms with van der Waals surface area (Å²) < 4.78 is 21.0. The van der Waals surface area contributed by atoms with E-state index < -0.39 is 18.2 Å². The second kappa shape index (κ2) is 8.84. The minimum Gasteiger partial charge on any atom is -0.493 e. The Morgan fingerprint density at radius 1 is 1.24 bits per heavy atom. The van der Waals surface area contributed by atoms with Gasteiger partial charge in [0.05, 0.1) is 33.5 Å². The molecule has 138 valence electrons. The van der Waals surface area contributed by atoms with Crippen LogP contribution in [0.3, 0.4) is 0 Å². The van der Waals surface area contributed by atoms with Gasteiger partial charge >= 0.3 is 0 Å². The molecule has 0 spiro atoms. The van der Waals surface area contributed by atoms with Gasteiger partial charge in [-0.25, -0.2) is 0 Å². The molecule has 0 radical (unpaired) electrons. The molecule has 3 atom stereocenters. The molecule has 1 saturated heterocycles. The normalized spacial score (nSPS) is 23.5. The Balaban J connectivity index is 2.06. The lowest BCUT2D eigenvalue weighted by atomic mass is 10.0. The zero-order chi connectivity index (χ0) is 18.4. The first-order valence-corrected chi connectivity index (χ1v) is 7.97. The number of aliphatic hydroxyl groups is 1. The number of carbonyl (C=O) groups is 1. The molecule has 0 aromatic heterocycles. The molecule has 1 aromatic rings. The van der Waals surface area contributed by atoms with Crippen LogP contribution in [-0.2, 0) is 14.3 Å². The minimum atomic E-state index is -0.790. The van der Waals surface area contributed by atoms with Crippen molar-refractivity contribution in [1.29, 1.82) is 0 Å². The zero-order valence-electron chi connectivity index (χ0n) is 15.0.